The lowest BCUT2D eigenvalue weighted by Crippen LogP contribution is -2.47. The fourth-order valence-electron chi connectivity index (χ4n) is 2.88. The summed E-state index contributed by atoms with van der Waals surface area (Å²) >= 11 is 0. The third kappa shape index (κ3) is 4.46. The van der Waals surface area contributed by atoms with Crippen molar-refractivity contribution in [2.75, 3.05) is 18.0 Å². The zero-order valence-electron chi connectivity index (χ0n) is 13.7. The molecule has 0 radical (unpaired) electrons. The van der Waals surface area contributed by atoms with Gasteiger partial charge in [0.05, 0.1) is 11.9 Å². The van der Waals surface area contributed by atoms with E-state index in [1.165, 1.54) is 5.41 Å². The minimum atomic E-state index is -3.46. The van der Waals surface area contributed by atoms with Gasteiger partial charge in [-0.25, -0.2) is 13.1 Å². The summed E-state index contributed by atoms with van der Waals surface area (Å²) in [7, 11) is -1.58. The van der Waals surface area contributed by atoms with Crippen molar-refractivity contribution in [3.63, 3.8) is 0 Å². The summed E-state index contributed by atoms with van der Waals surface area (Å²) in [6.07, 6.45) is 7.17. The Morgan fingerprint density at radius 3 is 2.79 bits per heavy atom. The van der Waals surface area contributed by atoms with Crippen molar-refractivity contribution in [3.05, 3.63) is 53.7 Å². The van der Waals surface area contributed by atoms with Crippen LogP contribution in [0.5, 0.6) is 0 Å². The van der Waals surface area contributed by atoms with Crippen LogP contribution in [0.15, 0.2) is 48.1 Å². The Balaban J connectivity index is 1.63. The fraction of sp³-hybridized carbons (Fsp3) is 0.353. The lowest BCUT2D eigenvalue weighted by atomic mass is 10.1. The number of hydrogen-bond donors (Lipinski definition) is 1. The van der Waals surface area contributed by atoms with Gasteiger partial charge in [-0.1, -0.05) is 30.3 Å². The van der Waals surface area contributed by atoms with Crippen molar-refractivity contribution in [1.29, 1.82) is 0 Å². The van der Waals surface area contributed by atoms with E-state index in [0.717, 1.165) is 30.6 Å². The van der Waals surface area contributed by atoms with E-state index in [9.17, 15) is 8.42 Å². The molecule has 0 spiro atoms. The van der Waals surface area contributed by atoms with Gasteiger partial charge >= 0.3 is 0 Å². The molecule has 1 fully saturated rings. The fourth-order valence-corrected chi connectivity index (χ4v) is 3.96. The highest BCUT2D eigenvalue weighted by atomic mass is 32.2. The van der Waals surface area contributed by atoms with E-state index in [4.69, 9.17) is 0 Å². The normalized spacial score (nSPS) is 19.0. The maximum Gasteiger partial charge on any atom is 0.234 e. The molecule has 0 amide bonds. The maximum atomic E-state index is 12.3. The van der Waals surface area contributed by atoms with Crippen LogP contribution >= 0.6 is 0 Å². The molecule has 1 atom stereocenters. The number of benzene rings is 1. The number of piperidine rings is 1. The van der Waals surface area contributed by atoms with Crippen LogP contribution in [0.3, 0.4) is 0 Å². The van der Waals surface area contributed by atoms with Crippen LogP contribution in [0, 0.1) is 0 Å². The van der Waals surface area contributed by atoms with E-state index in [2.05, 4.69) is 14.7 Å². The molecule has 0 saturated carbocycles. The number of aryl methyl sites for hydroxylation is 1. The van der Waals surface area contributed by atoms with Crippen molar-refractivity contribution < 1.29 is 8.42 Å². The van der Waals surface area contributed by atoms with E-state index < -0.39 is 10.0 Å². The molecule has 0 bridgehead atoms. The molecule has 1 saturated heterocycles. The summed E-state index contributed by atoms with van der Waals surface area (Å²) in [6, 6.07) is 9.32. The molecule has 2 aromatic rings. The molecule has 1 aliphatic heterocycles. The van der Waals surface area contributed by atoms with E-state index in [0.29, 0.717) is 6.54 Å². The van der Waals surface area contributed by atoms with Crippen molar-refractivity contribution in [1.82, 2.24) is 14.5 Å². The van der Waals surface area contributed by atoms with Crippen LogP contribution in [-0.2, 0) is 17.1 Å². The van der Waals surface area contributed by atoms with Gasteiger partial charge in [0.2, 0.25) is 10.0 Å². The zero-order valence-corrected chi connectivity index (χ0v) is 14.5. The van der Waals surface area contributed by atoms with Crippen molar-refractivity contribution in [3.8, 4) is 0 Å². The van der Waals surface area contributed by atoms with Gasteiger partial charge in [0.15, 0.2) is 0 Å². The summed E-state index contributed by atoms with van der Waals surface area (Å²) < 4.78 is 29.1. The van der Waals surface area contributed by atoms with Crippen LogP contribution in [-0.4, -0.2) is 37.3 Å². The summed E-state index contributed by atoms with van der Waals surface area (Å²) in [5, 5.41) is 5.42. The molecule has 1 aliphatic rings. The smallest absolute Gasteiger partial charge is 0.234 e. The lowest BCUT2D eigenvalue weighted by molar-refractivity contribution is 0.468. The second-order valence-corrected chi connectivity index (χ2v) is 7.63. The number of rotatable bonds is 5. The highest BCUT2D eigenvalue weighted by Gasteiger charge is 2.23. The number of hydrogen-bond acceptors (Lipinski definition) is 4. The molecule has 1 aromatic heterocycles. The van der Waals surface area contributed by atoms with Crippen LogP contribution < -0.4 is 9.62 Å². The first-order valence-corrected chi connectivity index (χ1v) is 9.55. The molecule has 1 aromatic carbocycles. The molecule has 0 unspecified atom stereocenters. The largest absolute Gasteiger partial charge is 0.367 e. The monoisotopic (exact) mass is 346 g/mol. The molecular formula is C17H22N4O2S. The SMILES string of the molecule is Cn1cc(N2CCC[C@@H](NS(=O)(=O)/C=C/c3ccccc3)C2)cn1. The van der Waals surface area contributed by atoms with Gasteiger partial charge < -0.3 is 4.90 Å². The standard InChI is InChI=1S/C17H22N4O2S/c1-20-14-17(12-18-20)21-10-5-8-16(13-21)19-24(22,23)11-9-15-6-3-2-4-7-15/h2-4,6-7,9,11-12,14,16,19H,5,8,10,13H2,1H3/b11-9+/t16-/m1/s1. The lowest BCUT2D eigenvalue weighted by Gasteiger charge is -2.33. The van der Waals surface area contributed by atoms with Crippen molar-refractivity contribution in [2.45, 2.75) is 18.9 Å². The molecular weight excluding hydrogens is 324 g/mol. The number of nitrogens with zero attached hydrogens (tertiary/aromatic N) is 3. The van der Waals surface area contributed by atoms with E-state index in [-0.39, 0.29) is 6.04 Å². The first kappa shape index (κ1) is 16.7. The molecule has 6 nitrogen and oxygen atoms in total. The van der Waals surface area contributed by atoms with Crippen molar-refractivity contribution >= 4 is 21.8 Å². The second-order valence-electron chi connectivity index (χ2n) is 6.03. The minimum absolute atomic E-state index is 0.0932. The van der Waals surface area contributed by atoms with Gasteiger partial charge in [-0.15, -0.1) is 0 Å². The predicted octanol–water partition coefficient (Wildman–Crippen LogP) is 1.98. The highest BCUT2D eigenvalue weighted by Crippen LogP contribution is 2.19. The summed E-state index contributed by atoms with van der Waals surface area (Å²) in [4.78, 5) is 2.17. The molecule has 2 heterocycles. The Morgan fingerprint density at radius 1 is 1.29 bits per heavy atom. The van der Waals surface area contributed by atoms with Crippen LogP contribution in [0.1, 0.15) is 18.4 Å². The summed E-state index contributed by atoms with van der Waals surface area (Å²) in [5.41, 5.74) is 1.89. The Hall–Kier alpha value is -2.12. The van der Waals surface area contributed by atoms with Crippen LogP contribution in [0.25, 0.3) is 6.08 Å². The first-order valence-electron chi connectivity index (χ1n) is 8.01. The number of nitrogens with one attached hydrogen (secondary N) is 1. The average Bonchev–Trinajstić information content (AvgIpc) is 3.01. The van der Waals surface area contributed by atoms with E-state index in [1.807, 2.05) is 49.8 Å². The zero-order chi connectivity index (χ0) is 17.0. The third-order valence-corrected chi connectivity index (χ3v) is 5.20. The van der Waals surface area contributed by atoms with Crippen LogP contribution in [0.2, 0.25) is 0 Å². The predicted molar refractivity (Wildman–Crippen MR) is 96.0 cm³/mol. The summed E-state index contributed by atoms with van der Waals surface area (Å²) in [5.74, 6) is 0. The molecule has 0 aliphatic carbocycles. The van der Waals surface area contributed by atoms with E-state index in [1.54, 1.807) is 10.8 Å². The quantitative estimate of drug-likeness (QED) is 0.899. The maximum absolute atomic E-state index is 12.3. The first-order chi connectivity index (χ1) is 11.5. The molecule has 24 heavy (non-hydrogen) atoms. The number of sulfonamides is 1. The van der Waals surface area contributed by atoms with Gasteiger partial charge in [-0.3, -0.25) is 4.68 Å². The Morgan fingerprint density at radius 2 is 2.08 bits per heavy atom. The topological polar surface area (TPSA) is 67.2 Å². The van der Waals surface area contributed by atoms with E-state index >= 15 is 0 Å². The molecule has 7 heteroatoms. The minimum Gasteiger partial charge on any atom is -0.367 e. The van der Waals surface area contributed by atoms with Crippen molar-refractivity contribution in [2.24, 2.45) is 7.05 Å². The third-order valence-electron chi connectivity index (χ3n) is 4.05. The van der Waals surface area contributed by atoms with Crippen LogP contribution in [0.4, 0.5) is 5.69 Å². The summed E-state index contributed by atoms with van der Waals surface area (Å²) in [6.45, 7) is 1.58. The molecule has 128 valence electrons. The Kier molecular flexibility index (Phi) is 5.01. The highest BCUT2D eigenvalue weighted by molar-refractivity contribution is 7.92. The van der Waals surface area contributed by atoms with Gasteiger partial charge in [0.1, 0.15) is 0 Å². The van der Waals surface area contributed by atoms with Gasteiger partial charge in [0, 0.05) is 37.8 Å². The van der Waals surface area contributed by atoms with Gasteiger partial charge in [-0.05, 0) is 24.5 Å². The number of anilines is 1. The average molecular weight is 346 g/mol. The number of aromatic nitrogens is 2. The van der Waals surface area contributed by atoms with Gasteiger partial charge in [0.25, 0.3) is 0 Å². The molecule has 3 rings (SSSR count). The Labute approximate surface area is 142 Å². The Bertz CT molecular complexity index is 799. The second kappa shape index (κ2) is 7.19. The molecule has 1 N–H and O–H groups in total. The van der Waals surface area contributed by atoms with Gasteiger partial charge in [-0.2, -0.15) is 5.10 Å².